The van der Waals surface area contributed by atoms with E-state index in [9.17, 15) is 4.79 Å². The van der Waals surface area contributed by atoms with Gasteiger partial charge in [-0.25, -0.2) is 0 Å². The number of nitrogens with one attached hydrogen (secondary N) is 1. The smallest absolute Gasteiger partial charge is 0.220 e. The topological polar surface area (TPSA) is 29.1 Å². The molecule has 0 aromatic heterocycles. The summed E-state index contributed by atoms with van der Waals surface area (Å²) in [6, 6.07) is 9.89. The van der Waals surface area contributed by atoms with E-state index in [0.29, 0.717) is 13.0 Å². The Kier molecular flexibility index (Phi) is 5.80. The molecule has 0 unspecified atom stereocenters. The number of hydrogen-bond donors (Lipinski definition) is 1. The molecule has 2 nitrogen and oxygen atoms in total. The fraction of sp³-hybridized carbons (Fsp3) is 0.357. The van der Waals surface area contributed by atoms with Gasteiger partial charge in [0.05, 0.1) is 0 Å². The van der Waals surface area contributed by atoms with Crippen LogP contribution in [0, 0.1) is 12.3 Å². The van der Waals surface area contributed by atoms with Crippen molar-refractivity contribution < 1.29 is 4.79 Å². The van der Waals surface area contributed by atoms with Crippen molar-refractivity contribution in [2.24, 2.45) is 0 Å². The molecule has 0 aliphatic heterocycles. The Morgan fingerprint density at radius 2 is 2.00 bits per heavy atom. The van der Waals surface area contributed by atoms with Crippen LogP contribution in [0.4, 0.5) is 0 Å². The number of carbonyl (C=O) groups excluding carboxylic acids is 1. The van der Waals surface area contributed by atoms with Crippen molar-refractivity contribution in [3.8, 4) is 12.3 Å². The first-order valence-corrected chi connectivity index (χ1v) is 5.57. The molecule has 1 rings (SSSR count). The zero-order chi connectivity index (χ0) is 11.6. The lowest BCUT2D eigenvalue weighted by Gasteiger charge is -2.04. The van der Waals surface area contributed by atoms with Crippen LogP contribution in [-0.2, 0) is 11.3 Å². The number of amides is 1. The molecule has 0 saturated heterocycles. The molecule has 1 N–H and O–H groups in total. The molecule has 0 heterocycles. The molecule has 0 bridgehead atoms. The van der Waals surface area contributed by atoms with E-state index in [-0.39, 0.29) is 5.91 Å². The number of unbranched alkanes of at least 4 members (excludes halogenated alkanes) is 2. The maximum Gasteiger partial charge on any atom is 0.220 e. The van der Waals surface area contributed by atoms with E-state index in [1.54, 1.807) is 0 Å². The van der Waals surface area contributed by atoms with Gasteiger partial charge in [0.2, 0.25) is 5.91 Å². The van der Waals surface area contributed by atoms with Crippen molar-refractivity contribution >= 4 is 5.91 Å². The molecule has 0 spiro atoms. The van der Waals surface area contributed by atoms with Gasteiger partial charge in [-0.15, -0.1) is 12.3 Å². The summed E-state index contributed by atoms with van der Waals surface area (Å²) in [5.74, 6) is 2.67. The third kappa shape index (κ3) is 5.21. The maximum atomic E-state index is 11.4. The molecular formula is C14H17NO. The third-order valence-corrected chi connectivity index (χ3v) is 2.31. The first kappa shape index (κ1) is 12.3. The summed E-state index contributed by atoms with van der Waals surface area (Å²) < 4.78 is 0. The monoisotopic (exact) mass is 215 g/mol. The zero-order valence-electron chi connectivity index (χ0n) is 9.41. The van der Waals surface area contributed by atoms with Crippen molar-refractivity contribution in [1.82, 2.24) is 5.32 Å². The first-order chi connectivity index (χ1) is 7.83. The van der Waals surface area contributed by atoms with Crippen LogP contribution in [0.2, 0.25) is 0 Å². The maximum absolute atomic E-state index is 11.4. The summed E-state index contributed by atoms with van der Waals surface area (Å²) in [6.07, 6.45) is 8.24. The SMILES string of the molecule is C#CCCCCC(=O)NCc1ccccc1. The van der Waals surface area contributed by atoms with E-state index in [2.05, 4.69) is 11.2 Å². The molecule has 0 atom stereocenters. The predicted octanol–water partition coefficient (Wildman–Crippen LogP) is 2.50. The highest BCUT2D eigenvalue weighted by Crippen LogP contribution is 2.00. The average Bonchev–Trinajstić information content (AvgIpc) is 2.33. The average molecular weight is 215 g/mol. The van der Waals surface area contributed by atoms with Crippen LogP contribution < -0.4 is 5.32 Å². The lowest BCUT2D eigenvalue weighted by molar-refractivity contribution is -0.121. The summed E-state index contributed by atoms with van der Waals surface area (Å²) in [5, 5.41) is 2.89. The van der Waals surface area contributed by atoms with E-state index >= 15 is 0 Å². The fourth-order valence-electron chi connectivity index (χ4n) is 1.40. The predicted molar refractivity (Wildman–Crippen MR) is 65.6 cm³/mol. The second-order valence-electron chi connectivity index (χ2n) is 3.67. The Bertz CT molecular complexity index is 351. The van der Waals surface area contributed by atoms with Crippen LogP contribution in [0.5, 0.6) is 0 Å². The van der Waals surface area contributed by atoms with E-state index in [1.165, 1.54) is 0 Å². The Hall–Kier alpha value is -1.75. The molecule has 16 heavy (non-hydrogen) atoms. The number of hydrogen-bond acceptors (Lipinski definition) is 1. The molecule has 0 radical (unpaired) electrons. The number of rotatable bonds is 6. The summed E-state index contributed by atoms with van der Waals surface area (Å²) in [5.41, 5.74) is 1.12. The van der Waals surface area contributed by atoms with Gasteiger partial charge in [0, 0.05) is 19.4 Å². The molecule has 1 amide bonds. The van der Waals surface area contributed by atoms with Gasteiger partial charge in [0.1, 0.15) is 0 Å². The first-order valence-electron chi connectivity index (χ1n) is 5.57. The summed E-state index contributed by atoms with van der Waals surface area (Å²) >= 11 is 0. The number of benzene rings is 1. The highest BCUT2D eigenvalue weighted by Gasteiger charge is 2.00. The van der Waals surface area contributed by atoms with Crippen LogP contribution >= 0.6 is 0 Å². The van der Waals surface area contributed by atoms with Gasteiger partial charge in [-0.3, -0.25) is 4.79 Å². The highest BCUT2D eigenvalue weighted by atomic mass is 16.1. The standard InChI is InChI=1S/C14H17NO/c1-2-3-4-8-11-14(16)15-12-13-9-6-5-7-10-13/h1,5-7,9-10H,3-4,8,11-12H2,(H,15,16). The third-order valence-electron chi connectivity index (χ3n) is 2.31. The lowest BCUT2D eigenvalue weighted by Crippen LogP contribution is -2.22. The summed E-state index contributed by atoms with van der Waals surface area (Å²) in [7, 11) is 0. The molecule has 1 aromatic carbocycles. The molecule has 0 fully saturated rings. The number of carbonyl (C=O) groups is 1. The normalized spacial score (nSPS) is 9.44. The second kappa shape index (κ2) is 7.53. The van der Waals surface area contributed by atoms with Crippen molar-refractivity contribution in [2.45, 2.75) is 32.2 Å². The van der Waals surface area contributed by atoms with Gasteiger partial charge in [-0.2, -0.15) is 0 Å². The van der Waals surface area contributed by atoms with Gasteiger partial charge >= 0.3 is 0 Å². The van der Waals surface area contributed by atoms with Gasteiger partial charge in [0.25, 0.3) is 0 Å². The van der Waals surface area contributed by atoms with E-state index in [0.717, 1.165) is 24.8 Å². The fourth-order valence-corrected chi connectivity index (χ4v) is 1.40. The lowest BCUT2D eigenvalue weighted by atomic mass is 10.2. The van der Waals surface area contributed by atoms with Crippen LogP contribution in [0.1, 0.15) is 31.2 Å². The van der Waals surface area contributed by atoms with Crippen molar-refractivity contribution in [2.75, 3.05) is 0 Å². The van der Waals surface area contributed by atoms with Crippen molar-refractivity contribution in [1.29, 1.82) is 0 Å². The van der Waals surface area contributed by atoms with Crippen LogP contribution in [0.3, 0.4) is 0 Å². The highest BCUT2D eigenvalue weighted by molar-refractivity contribution is 5.75. The van der Waals surface area contributed by atoms with Crippen molar-refractivity contribution in [3.05, 3.63) is 35.9 Å². The van der Waals surface area contributed by atoms with Gasteiger partial charge in [-0.1, -0.05) is 30.3 Å². The zero-order valence-corrected chi connectivity index (χ0v) is 9.41. The molecular weight excluding hydrogens is 198 g/mol. The quantitative estimate of drug-likeness (QED) is 0.573. The Labute approximate surface area is 97.1 Å². The minimum absolute atomic E-state index is 0.0980. The Morgan fingerprint density at radius 1 is 1.25 bits per heavy atom. The minimum atomic E-state index is 0.0980. The van der Waals surface area contributed by atoms with Gasteiger partial charge in [-0.05, 0) is 18.4 Å². The Balaban J connectivity index is 2.14. The van der Waals surface area contributed by atoms with E-state index in [1.807, 2.05) is 30.3 Å². The minimum Gasteiger partial charge on any atom is -0.352 e. The van der Waals surface area contributed by atoms with Crippen LogP contribution in [-0.4, -0.2) is 5.91 Å². The summed E-state index contributed by atoms with van der Waals surface area (Å²) in [6.45, 7) is 0.606. The Morgan fingerprint density at radius 3 is 2.69 bits per heavy atom. The van der Waals surface area contributed by atoms with Gasteiger partial charge < -0.3 is 5.32 Å². The van der Waals surface area contributed by atoms with Crippen LogP contribution in [0.15, 0.2) is 30.3 Å². The largest absolute Gasteiger partial charge is 0.352 e. The van der Waals surface area contributed by atoms with Crippen molar-refractivity contribution in [3.63, 3.8) is 0 Å². The molecule has 0 aliphatic carbocycles. The van der Waals surface area contributed by atoms with Gasteiger partial charge in [0.15, 0.2) is 0 Å². The number of terminal acetylenes is 1. The van der Waals surface area contributed by atoms with Crippen LogP contribution in [0.25, 0.3) is 0 Å². The molecule has 0 aliphatic rings. The second-order valence-corrected chi connectivity index (χ2v) is 3.67. The van der Waals surface area contributed by atoms with E-state index < -0.39 is 0 Å². The van der Waals surface area contributed by atoms with E-state index in [4.69, 9.17) is 6.42 Å². The summed E-state index contributed by atoms with van der Waals surface area (Å²) in [4.78, 5) is 11.4. The molecule has 1 aromatic rings. The molecule has 84 valence electrons. The molecule has 0 saturated carbocycles. The molecule has 2 heteroatoms.